The molecule has 0 unspecified atom stereocenters. The fraction of sp³-hybridized carbons (Fsp3) is 0.556. The quantitative estimate of drug-likeness (QED) is 0.379. The number of carbonyl (C=O) groups excluding carboxylic acids is 1. The van der Waals surface area contributed by atoms with Crippen molar-refractivity contribution in [1.82, 2.24) is 29.3 Å². The van der Waals surface area contributed by atoms with E-state index in [4.69, 9.17) is 5.73 Å². The van der Waals surface area contributed by atoms with Gasteiger partial charge in [0.25, 0.3) is 5.56 Å². The summed E-state index contributed by atoms with van der Waals surface area (Å²) in [6, 6.07) is 0. The Kier molecular flexibility index (Phi) is 6.14. The number of nitrogens with two attached hydrogens (primary N) is 1. The SMILES string of the molecule is Cc1nnc(SCCCn2c(N3CCC(C(N)=O)CC3)nc3c2c(=O)[nH]c(=O)n3C)s1. The third kappa shape index (κ3) is 4.37. The van der Waals surface area contributed by atoms with Crippen molar-refractivity contribution in [1.29, 1.82) is 0 Å². The van der Waals surface area contributed by atoms with Crippen molar-refractivity contribution in [3.8, 4) is 0 Å². The van der Waals surface area contributed by atoms with Crippen LogP contribution < -0.4 is 21.9 Å². The molecule has 1 saturated heterocycles. The smallest absolute Gasteiger partial charge is 0.329 e. The van der Waals surface area contributed by atoms with E-state index < -0.39 is 11.2 Å². The van der Waals surface area contributed by atoms with Gasteiger partial charge in [0.05, 0.1) is 0 Å². The number of hydrogen-bond donors (Lipinski definition) is 2. The zero-order valence-corrected chi connectivity index (χ0v) is 19.0. The number of amides is 1. The molecule has 0 aliphatic carbocycles. The number of aromatic amines is 1. The Morgan fingerprint density at radius 1 is 1.29 bits per heavy atom. The number of aryl methyl sites for hydroxylation is 3. The fourth-order valence-corrected chi connectivity index (χ4v) is 5.57. The lowest BCUT2D eigenvalue weighted by Gasteiger charge is -2.31. The zero-order valence-electron chi connectivity index (χ0n) is 17.3. The van der Waals surface area contributed by atoms with Crippen LogP contribution >= 0.6 is 23.1 Å². The Morgan fingerprint density at radius 3 is 2.68 bits per heavy atom. The van der Waals surface area contributed by atoms with Crippen molar-refractivity contribution in [2.24, 2.45) is 18.7 Å². The number of primary amides is 1. The molecule has 3 aromatic heterocycles. The van der Waals surface area contributed by atoms with Crippen molar-refractivity contribution in [2.75, 3.05) is 23.7 Å². The van der Waals surface area contributed by atoms with E-state index in [0.29, 0.717) is 49.6 Å². The van der Waals surface area contributed by atoms with Crippen molar-refractivity contribution in [3.63, 3.8) is 0 Å². The van der Waals surface area contributed by atoms with Gasteiger partial charge in [-0.05, 0) is 26.2 Å². The maximum Gasteiger partial charge on any atom is 0.329 e. The highest BCUT2D eigenvalue weighted by Gasteiger charge is 2.27. The molecule has 0 atom stereocenters. The summed E-state index contributed by atoms with van der Waals surface area (Å²) >= 11 is 3.18. The van der Waals surface area contributed by atoms with Crippen LogP contribution in [0.1, 0.15) is 24.3 Å². The molecular weight excluding hydrogens is 440 g/mol. The summed E-state index contributed by atoms with van der Waals surface area (Å²) in [6.07, 6.45) is 2.06. The molecule has 31 heavy (non-hydrogen) atoms. The highest BCUT2D eigenvalue weighted by molar-refractivity contribution is 8.01. The summed E-state index contributed by atoms with van der Waals surface area (Å²) in [7, 11) is 1.59. The third-order valence-electron chi connectivity index (χ3n) is 5.43. The summed E-state index contributed by atoms with van der Waals surface area (Å²) in [5.41, 5.74) is 5.25. The number of imidazole rings is 1. The number of rotatable bonds is 7. The molecule has 4 heterocycles. The van der Waals surface area contributed by atoms with Crippen LogP contribution in [-0.4, -0.2) is 54.0 Å². The lowest BCUT2D eigenvalue weighted by molar-refractivity contribution is -0.122. The summed E-state index contributed by atoms with van der Waals surface area (Å²) in [6.45, 7) is 3.71. The Morgan fingerprint density at radius 2 is 2.03 bits per heavy atom. The second-order valence-corrected chi connectivity index (χ2v) is 10.0. The molecule has 11 nitrogen and oxygen atoms in total. The summed E-state index contributed by atoms with van der Waals surface area (Å²) in [4.78, 5) is 45.3. The molecule has 1 aliphatic heterocycles. The highest BCUT2D eigenvalue weighted by atomic mass is 32.2. The number of hydrogen-bond acceptors (Lipinski definition) is 9. The van der Waals surface area contributed by atoms with Gasteiger partial charge in [-0.2, -0.15) is 4.98 Å². The van der Waals surface area contributed by atoms with Crippen molar-refractivity contribution in [3.05, 3.63) is 25.8 Å². The molecule has 166 valence electrons. The van der Waals surface area contributed by atoms with Crippen LogP contribution in [0.25, 0.3) is 11.2 Å². The lowest BCUT2D eigenvalue weighted by Crippen LogP contribution is -2.39. The molecule has 0 radical (unpaired) electrons. The first kappa shape index (κ1) is 21.6. The predicted octanol–water partition coefficient (Wildman–Crippen LogP) is 0.467. The van der Waals surface area contributed by atoms with Crippen LogP contribution in [0.3, 0.4) is 0 Å². The molecule has 0 aromatic carbocycles. The van der Waals surface area contributed by atoms with Gasteiger partial charge in [-0.3, -0.25) is 19.1 Å². The van der Waals surface area contributed by atoms with Crippen molar-refractivity contribution < 1.29 is 4.79 Å². The first-order chi connectivity index (χ1) is 14.8. The molecule has 0 spiro atoms. The van der Waals surface area contributed by atoms with Crippen LogP contribution in [0, 0.1) is 12.8 Å². The number of piperidine rings is 1. The first-order valence-corrected chi connectivity index (χ1v) is 11.8. The molecule has 0 bridgehead atoms. The van der Waals surface area contributed by atoms with Crippen molar-refractivity contribution in [2.45, 2.75) is 37.1 Å². The van der Waals surface area contributed by atoms with E-state index in [-0.39, 0.29) is 11.8 Å². The summed E-state index contributed by atoms with van der Waals surface area (Å²) in [5.74, 6) is 1.02. The summed E-state index contributed by atoms with van der Waals surface area (Å²) < 4.78 is 4.15. The Hall–Kier alpha value is -2.67. The van der Waals surface area contributed by atoms with Gasteiger partial charge in [0.1, 0.15) is 5.01 Å². The zero-order chi connectivity index (χ0) is 22.1. The van der Waals surface area contributed by atoms with Crippen LogP contribution in [0.5, 0.6) is 0 Å². The van der Waals surface area contributed by atoms with Gasteiger partial charge in [0.2, 0.25) is 11.9 Å². The van der Waals surface area contributed by atoms with Gasteiger partial charge in [-0.15, -0.1) is 10.2 Å². The third-order valence-corrected chi connectivity index (χ3v) is 7.48. The number of nitrogens with one attached hydrogen (secondary N) is 1. The number of carbonyl (C=O) groups is 1. The van der Waals surface area contributed by atoms with Gasteiger partial charge < -0.3 is 15.2 Å². The maximum absolute atomic E-state index is 12.6. The van der Waals surface area contributed by atoms with Crippen LogP contribution in [0.2, 0.25) is 0 Å². The number of aromatic nitrogens is 6. The fourth-order valence-electron chi connectivity index (χ4n) is 3.76. The first-order valence-electron chi connectivity index (χ1n) is 10.0. The average Bonchev–Trinajstić information content (AvgIpc) is 3.33. The molecule has 13 heteroatoms. The van der Waals surface area contributed by atoms with Gasteiger partial charge in [-0.25, -0.2) is 4.79 Å². The van der Waals surface area contributed by atoms with E-state index in [1.807, 2.05) is 11.5 Å². The lowest BCUT2D eigenvalue weighted by atomic mass is 9.96. The minimum atomic E-state index is -0.497. The van der Waals surface area contributed by atoms with E-state index in [0.717, 1.165) is 21.5 Å². The van der Waals surface area contributed by atoms with Gasteiger partial charge in [-0.1, -0.05) is 23.1 Å². The van der Waals surface area contributed by atoms with Gasteiger partial charge >= 0.3 is 5.69 Å². The minimum absolute atomic E-state index is 0.145. The highest BCUT2D eigenvalue weighted by Crippen LogP contribution is 2.27. The molecule has 0 saturated carbocycles. The van der Waals surface area contributed by atoms with E-state index >= 15 is 0 Å². The topological polar surface area (TPSA) is 145 Å². The Bertz CT molecular complexity index is 1220. The second-order valence-electron chi connectivity index (χ2n) is 7.51. The van der Waals surface area contributed by atoms with Crippen LogP contribution in [0.15, 0.2) is 13.9 Å². The Labute approximate surface area is 185 Å². The van der Waals surface area contributed by atoms with Gasteiger partial charge in [0, 0.05) is 38.4 Å². The van der Waals surface area contributed by atoms with E-state index in [9.17, 15) is 14.4 Å². The average molecular weight is 465 g/mol. The molecular formula is C18H24N8O3S2. The monoisotopic (exact) mass is 464 g/mol. The van der Waals surface area contributed by atoms with E-state index in [1.54, 1.807) is 30.1 Å². The normalized spacial score (nSPS) is 15.1. The molecule has 1 fully saturated rings. The number of nitrogens with zero attached hydrogens (tertiary/aromatic N) is 6. The molecule has 3 N–H and O–H groups in total. The van der Waals surface area contributed by atoms with Crippen molar-refractivity contribution >= 4 is 46.1 Å². The predicted molar refractivity (Wildman–Crippen MR) is 120 cm³/mol. The minimum Gasteiger partial charge on any atom is -0.369 e. The standard InChI is InChI=1S/C18H24N8O3S2/c1-10-22-23-18(31-10)30-9-3-6-26-12-14(24(2)17(29)21-15(12)28)20-16(26)25-7-4-11(5-8-25)13(19)27/h11H,3-9H2,1-2H3,(H2,19,27)(H,21,28,29). The number of thioether (sulfide) groups is 1. The molecule has 4 rings (SSSR count). The maximum atomic E-state index is 12.6. The van der Waals surface area contributed by atoms with Crippen LogP contribution in [0.4, 0.5) is 5.95 Å². The largest absolute Gasteiger partial charge is 0.369 e. The van der Waals surface area contributed by atoms with E-state index in [2.05, 4.69) is 25.1 Å². The number of H-pyrrole nitrogens is 1. The van der Waals surface area contributed by atoms with E-state index in [1.165, 1.54) is 4.57 Å². The van der Waals surface area contributed by atoms with Gasteiger partial charge in [0.15, 0.2) is 15.5 Å². The molecule has 3 aromatic rings. The second kappa shape index (κ2) is 8.83. The Balaban J connectivity index is 1.60. The van der Waals surface area contributed by atoms with Crippen LogP contribution in [-0.2, 0) is 18.4 Å². The molecule has 1 aliphatic rings. The summed E-state index contributed by atoms with van der Waals surface area (Å²) in [5, 5.41) is 9.07. The number of fused-ring (bicyclic) bond motifs is 1. The number of anilines is 1. The molecule has 1 amide bonds.